The molecule has 2 rings (SSSR count). The second-order valence-corrected chi connectivity index (χ2v) is 3.58. The van der Waals surface area contributed by atoms with Gasteiger partial charge in [-0.15, -0.1) is 0 Å². The van der Waals surface area contributed by atoms with Crippen LogP contribution < -0.4 is 0 Å². The van der Waals surface area contributed by atoms with Crippen molar-refractivity contribution in [2.75, 3.05) is 0 Å². The fourth-order valence-electron chi connectivity index (χ4n) is 1.74. The summed E-state index contributed by atoms with van der Waals surface area (Å²) >= 11 is 0. The Morgan fingerprint density at radius 2 is 1.69 bits per heavy atom. The predicted octanol–water partition coefficient (Wildman–Crippen LogP) is 3.70. The maximum atomic E-state index is 13.6. The molecule has 0 fully saturated rings. The molecular formula is C14H11FO. The molecule has 0 heterocycles. The molecule has 0 radical (unpaired) electrons. The van der Waals surface area contributed by atoms with Gasteiger partial charge in [-0.3, -0.25) is 4.79 Å². The predicted molar refractivity (Wildman–Crippen MR) is 61.8 cm³/mol. The van der Waals surface area contributed by atoms with Crippen molar-refractivity contribution in [2.24, 2.45) is 0 Å². The van der Waals surface area contributed by atoms with E-state index in [1.165, 1.54) is 13.0 Å². The first-order chi connectivity index (χ1) is 7.70. The molecule has 0 amide bonds. The van der Waals surface area contributed by atoms with E-state index in [1.807, 2.05) is 30.3 Å². The van der Waals surface area contributed by atoms with E-state index in [-0.39, 0.29) is 11.3 Å². The van der Waals surface area contributed by atoms with Crippen molar-refractivity contribution in [3.63, 3.8) is 0 Å². The lowest BCUT2D eigenvalue weighted by Crippen LogP contribution is -2.00. The largest absolute Gasteiger partial charge is 0.294 e. The van der Waals surface area contributed by atoms with Crippen LogP contribution in [0.3, 0.4) is 0 Å². The van der Waals surface area contributed by atoms with Gasteiger partial charge in [0.1, 0.15) is 5.82 Å². The number of ketones is 1. The number of rotatable bonds is 2. The number of carbonyl (C=O) groups excluding carboxylic acids is 1. The highest BCUT2D eigenvalue weighted by Gasteiger charge is 2.13. The number of carbonyl (C=O) groups is 1. The Morgan fingerprint density at radius 1 is 1.00 bits per heavy atom. The van der Waals surface area contributed by atoms with E-state index in [0.717, 1.165) is 5.56 Å². The molecule has 0 aliphatic rings. The quantitative estimate of drug-likeness (QED) is 0.697. The summed E-state index contributed by atoms with van der Waals surface area (Å²) in [4.78, 5) is 11.4. The van der Waals surface area contributed by atoms with Crippen molar-refractivity contribution >= 4 is 5.78 Å². The standard InChI is InChI=1S/C14H11FO/c1-10(16)14-12(8-5-9-13(14)15)11-6-3-2-4-7-11/h2-9H,1H3. The Kier molecular flexibility index (Phi) is 2.82. The summed E-state index contributed by atoms with van der Waals surface area (Å²) in [5.74, 6) is -0.717. The molecule has 0 aliphatic carbocycles. The zero-order valence-electron chi connectivity index (χ0n) is 8.91. The lowest BCUT2D eigenvalue weighted by molar-refractivity contribution is 0.101. The minimum Gasteiger partial charge on any atom is -0.294 e. The van der Waals surface area contributed by atoms with Crippen molar-refractivity contribution in [3.05, 3.63) is 59.9 Å². The van der Waals surface area contributed by atoms with E-state index < -0.39 is 5.82 Å². The first-order valence-corrected chi connectivity index (χ1v) is 5.05. The number of hydrogen-bond acceptors (Lipinski definition) is 1. The van der Waals surface area contributed by atoms with E-state index in [9.17, 15) is 9.18 Å². The first-order valence-electron chi connectivity index (χ1n) is 5.05. The van der Waals surface area contributed by atoms with Crippen molar-refractivity contribution < 1.29 is 9.18 Å². The van der Waals surface area contributed by atoms with Gasteiger partial charge in [0.15, 0.2) is 5.78 Å². The highest BCUT2D eigenvalue weighted by molar-refractivity contribution is 6.01. The van der Waals surface area contributed by atoms with Gasteiger partial charge in [0.05, 0.1) is 5.56 Å². The molecule has 0 N–H and O–H groups in total. The molecule has 0 saturated carbocycles. The maximum absolute atomic E-state index is 13.6. The molecule has 0 aliphatic heterocycles. The Bertz CT molecular complexity index is 518. The lowest BCUT2D eigenvalue weighted by atomic mass is 9.97. The van der Waals surface area contributed by atoms with Crippen molar-refractivity contribution in [3.8, 4) is 11.1 Å². The molecule has 16 heavy (non-hydrogen) atoms. The van der Waals surface area contributed by atoms with Gasteiger partial charge in [-0.1, -0.05) is 42.5 Å². The van der Waals surface area contributed by atoms with Gasteiger partial charge in [-0.05, 0) is 24.1 Å². The zero-order valence-corrected chi connectivity index (χ0v) is 8.91. The van der Waals surface area contributed by atoms with E-state index in [0.29, 0.717) is 5.56 Å². The summed E-state index contributed by atoms with van der Waals surface area (Å²) in [6, 6.07) is 14.0. The summed E-state index contributed by atoms with van der Waals surface area (Å²) in [7, 11) is 0. The maximum Gasteiger partial charge on any atom is 0.163 e. The van der Waals surface area contributed by atoms with Crippen molar-refractivity contribution in [1.82, 2.24) is 0 Å². The van der Waals surface area contributed by atoms with Gasteiger partial charge >= 0.3 is 0 Å². The van der Waals surface area contributed by atoms with Crippen LogP contribution in [0.15, 0.2) is 48.5 Å². The topological polar surface area (TPSA) is 17.1 Å². The van der Waals surface area contributed by atoms with Gasteiger partial charge in [0.2, 0.25) is 0 Å². The average molecular weight is 214 g/mol. The summed E-state index contributed by atoms with van der Waals surface area (Å²) < 4.78 is 13.6. The highest BCUT2D eigenvalue weighted by Crippen LogP contribution is 2.25. The molecule has 2 aromatic carbocycles. The number of Topliss-reactive ketones (excluding diaryl/α,β-unsaturated/α-hetero) is 1. The molecule has 0 spiro atoms. The fraction of sp³-hybridized carbons (Fsp3) is 0.0714. The Labute approximate surface area is 93.5 Å². The van der Waals surface area contributed by atoms with Gasteiger partial charge in [-0.2, -0.15) is 0 Å². The lowest BCUT2D eigenvalue weighted by Gasteiger charge is -2.07. The van der Waals surface area contributed by atoms with Crippen LogP contribution in [0.4, 0.5) is 4.39 Å². The van der Waals surface area contributed by atoms with Crippen LogP contribution in [0.1, 0.15) is 17.3 Å². The zero-order chi connectivity index (χ0) is 11.5. The minimum atomic E-state index is -0.464. The average Bonchev–Trinajstić information content (AvgIpc) is 2.29. The van der Waals surface area contributed by atoms with Crippen LogP contribution in [0.5, 0.6) is 0 Å². The van der Waals surface area contributed by atoms with E-state index in [1.54, 1.807) is 12.1 Å². The molecule has 2 aromatic rings. The summed E-state index contributed by atoms with van der Waals surface area (Å²) in [5, 5.41) is 0. The summed E-state index contributed by atoms with van der Waals surface area (Å²) in [5.41, 5.74) is 1.66. The number of halogens is 1. The van der Waals surface area contributed by atoms with Gasteiger partial charge in [-0.25, -0.2) is 4.39 Å². The summed E-state index contributed by atoms with van der Waals surface area (Å²) in [6.07, 6.45) is 0. The molecule has 0 saturated heterocycles. The van der Waals surface area contributed by atoms with E-state index in [2.05, 4.69) is 0 Å². The minimum absolute atomic E-state index is 0.161. The van der Waals surface area contributed by atoms with Crippen molar-refractivity contribution in [2.45, 2.75) is 6.92 Å². The van der Waals surface area contributed by atoms with Crippen LogP contribution in [0.25, 0.3) is 11.1 Å². The van der Waals surface area contributed by atoms with Crippen LogP contribution in [-0.4, -0.2) is 5.78 Å². The third-order valence-corrected chi connectivity index (χ3v) is 2.45. The first kappa shape index (κ1) is 10.6. The molecular weight excluding hydrogens is 203 g/mol. The van der Waals surface area contributed by atoms with Gasteiger partial charge in [0.25, 0.3) is 0 Å². The molecule has 80 valence electrons. The van der Waals surface area contributed by atoms with Crippen molar-refractivity contribution in [1.29, 1.82) is 0 Å². The third kappa shape index (κ3) is 1.87. The third-order valence-electron chi connectivity index (χ3n) is 2.45. The molecule has 0 bridgehead atoms. The van der Waals surface area contributed by atoms with Gasteiger partial charge < -0.3 is 0 Å². The fourth-order valence-corrected chi connectivity index (χ4v) is 1.74. The Morgan fingerprint density at radius 3 is 2.31 bits per heavy atom. The number of hydrogen-bond donors (Lipinski definition) is 0. The van der Waals surface area contributed by atoms with E-state index in [4.69, 9.17) is 0 Å². The van der Waals surface area contributed by atoms with Crippen LogP contribution in [0.2, 0.25) is 0 Å². The monoisotopic (exact) mass is 214 g/mol. The molecule has 2 heteroatoms. The second-order valence-electron chi connectivity index (χ2n) is 3.58. The van der Waals surface area contributed by atoms with E-state index >= 15 is 0 Å². The van der Waals surface area contributed by atoms with Crippen LogP contribution in [-0.2, 0) is 0 Å². The smallest absolute Gasteiger partial charge is 0.163 e. The molecule has 0 atom stereocenters. The second kappa shape index (κ2) is 4.27. The molecule has 1 nitrogen and oxygen atoms in total. The molecule has 0 aromatic heterocycles. The van der Waals surface area contributed by atoms with Crippen LogP contribution in [0, 0.1) is 5.82 Å². The van der Waals surface area contributed by atoms with Gasteiger partial charge in [0, 0.05) is 0 Å². The molecule has 0 unspecified atom stereocenters. The number of benzene rings is 2. The summed E-state index contributed by atoms with van der Waals surface area (Å²) in [6.45, 7) is 1.38. The Balaban J connectivity index is 2.66. The normalized spacial score (nSPS) is 10.1. The Hall–Kier alpha value is -1.96. The SMILES string of the molecule is CC(=O)c1c(F)cccc1-c1ccccc1. The highest BCUT2D eigenvalue weighted by atomic mass is 19.1. The van der Waals surface area contributed by atoms with Crippen LogP contribution >= 0.6 is 0 Å².